The van der Waals surface area contributed by atoms with Crippen LogP contribution in [0.2, 0.25) is 0 Å². The molecule has 0 aliphatic rings. The normalized spacial score (nSPS) is 10.0. The molecule has 0 aliphatic heterocycles. The summed E-state index contributed by atoms with van der Waals surface area (Å²) in [5, 5.41) is 29.8. The Bertz CT molecular complexity index is 664. The number of aromatic nitrogens is 1. The van der Waals surface area contributed by atoms with Gasteiger partial charge in [0.25, 0.3) is 5.91 Å². The van der Waals surface area contributed by atoms with Crippen LogP contribution in [-0.2, 0) is 0 Å². The molecule has 0 saturated heterocycles. The number of hydrogen-bond donors (Lipinski definition) is 4. The molecule has 1 amide bonds. The third kappa shape index (κ3) is 3.02. The SMILES string of the molecule is O=C(O)c1cncc(NC(=O)c2cc(O)cc(O)c2)c1. The van der Waals surface area contributed by atoms with Gasteiger partial charge in [-0.1, -0.05) is 0 Å². The molecule has 0 fully saturated rings. The van der Waals surface area contributed by atoms with Crippen molar-refractivity contribution in [2.24, 2.45) is 0 Å². The van der Waals surface area contributed by atoms with E-state index in [9.17, 15) is 19.8 Å². The maximum Gasteiger partial charge on any atom is 0.337 e. The molecule has 7 nitrogen and oxygen atoms in total. The van der Waals surface area contributed by atoms with E-state index in [1.807, 2.05) is 0 Å². The Labute approximate surface area is 113 Å². The molecule has 1 heterocycles. The van der Waals surface area contributed by atoms with Crippen LogP contribution in [-0.4, -0.2) is 32.2 Å². The lowest BCUT2D eigenvalue weighted by atomic mass is 10.2. The van der Waals surface area contributed by atoms with Crippen LogP contribution in [0.1, 0.15) is 20.7 Å². The van der Waals surface area contributed by atoms with Gasteiger partial charge in [-0.15, -0.1) is 0 Å². The van der Waals surface area contributed by atoms with Crippen LogP contribution >= 0.6 is 0 Å². The van der Waals surface area contributed by atoms with E-state index in [0.29, 0.717) is 0 Å². The van der Waals surface area contributed by atoms with Gasteiger partial charge in [0.1, 0.15) is 11.5 Å². The lowest BCUT2D eigenvalue weighted by Crippen LogP contribution is -2.12. The Morgan fingerprint density at radius 3 is 2.20 bits per heavy atom. The van der Waals surface area contributed by atoms with E-state index in [1.54, 1.807) is 0 Å². The second-order valence-electron chi connectivity index (χ2n) is 3.96. The predicted octanol–water partition coefficient (Wildman–Crippen LogP) is 1.44. The lowest BCUT2D eigenvalue weighted by Gasteiger charge is -2.06. The highest BCUT2D eigenvalue weighted by atomic mass is 16.4. The number of anilines is 1. The Morgan fingerprint density at radius 2 is 1.60 bits per heavy atom. The van der Waals surface area contributed by atoms with Crippen molar-refractivity contribution in [3.63, 3.8) is 0 Å². The highest BCUT2D eigenvalue weighted by molar-refractivity contribution is 6.05. The Morgan fingerprint density at radius 1 is 0.950 bits per heavy atom. The molecular formula is C13H10N2O5. The number of benzene rings is 1. The molecule has 0 aliphatic carbocycles. The molecule has 0 atom stereocenters. The van der Waals surface area contributed by atoms with Crippen molar-refractivity contribution in [1.29, 1.82) is 0 Å². The van der Waals surface area contributed by atoms with Gasteiger partial charge < -0.3 is 20.6 Å². The molecule has 0 saturated carbocycles. The second-order valence-corrected chi connectivity index (χ2v) is 3.96. The maximum absolute atomic E-state index is 11.9. The average Bonchev–Trinajstić information content (AvgIpc) is 2.37. The summed E-state index contributed by atoms with van der Waals surface area (Å²) in [5.41, 5.74) is 0.155. The van der Waals surface area contributed by atoms with Gasteiger partial charge in [0.15, 0.2) is 0 Å². The van der Waals surface area contributed by atoms with Crippen LogP contribution in [0.25, 0.3) is 0 Å². The zero-order valence-electron chi connectivity index (χ0n) is 10.1. The summed E-state index contributed by atoms with van der Waals surface area (Å²) < 4.78 is 0. The first-order chi connectivity index (χ1) is 9.45. The molecule has 20 heavy (non-hydrogen) atoms. The molecule has 0 unspecified atom stereocenters. The molecule has 2 aromatic rings. The molecule has 0 spiro atoms. The summed E-state index contributed by atoms with van der Waals surface area (Å²) in [6, 6.07) is 4.67. The van der Waals surface area contributed by atoms with E-state index in [4.69, 9.17) is 5.11 Å². The van der Waals surface area contributed by atoms with E-state index in [0.717, 1.165) is 12.3 Å². The first-order valence-corrected chi connectivity index (χ1v) is 5.48. The molecule has 4 N–H and O–H groups in total. The van der Waals surface area contributed by atoms with Gasteiger partial charge >= 0.3 is 5.97 Å². The Balaban J connectivity index is 2.23. The number of phenols is 2. The molecule has 102 valence electrons. The van der Waals surface area contributed by atoms with Crippen molar-refractivity contribution in [2.75, 3.05) is 5.32 Å². The van der Waals surface area contributed by atoms with Gasteiger partial charge in [-0.25, -0.2) is 4.79 Å². The van der Waals surface area contributed by atoms with Crippen LogP contribution in [0, 0.1) is 0 Å². The maximum atomic E-state index is 11.9. The minimum absolute atomic E-state index is 0.0308. The number of hydrogen-bond acceptors (Lipinski definition) is 5. The van der Waals surface area contributed by atoms with Crippen molar-refractivity contribution < 1.29 is 24.9 Å². The number of rotatable bonds is 3. The average molecular weight is 274 g/mol. The van der Waals surface area contributed by atoms with Crippen LogP contribution < -0.4 is 5.32 Å². The Kier molecular flexibility index (Phi) is 3.52. The third-order valence-corrected chi connectivity index (χ3v) is 2.41. The number of phenolic OH excluding ortho intramolecular Hbond substituents is 2. The van der Waals surface area contributed by atoms with Crippen LogP contribution in [0.4, 0.5) is 5.69 Å². The number of carbonyl (C=O) groups is 2. The fourth-order valence-electron chi connectivity index (χ4n) is 1.55. The van der Waals surface area contributed by atoms with Crippen molar-refractivity contribution in [2.45, 2.75) is 0 Å². The number of carbonyl (C=O) groups excluding carboxylic acids is 1. The minimum Gasteiger partial charge on any atom is -0.508 e. The number of carboxylic acids is 1. The number of nitrogens with one attached hydrogen (secondary N) is 1. The zero-order valence-corrected chi connectivity index (χ0v) is 10.1. The van der Waals surface area contributed by atoms with Crippen LogP contribution in [0.3, 0.4) is 0 Å². The fourth-order valence-corrected chi connectivity index (χ4v) is 1.55. The molecule has 7 heteroatoms. The van der Waals surface area contributed by atoms with E-state index in [-0.39, 0.29) is 28.3 Å². The van der Waals surface area contributed by atoms with Crippen molar-refractivity contribution in [3.05, 3.63) is 47.8 Å². The second kappa shape index (κ2) is 5.27. The number of pyridine rings is 1. The lowest BCUT2D eigenvalue weighted by molar-refractivity contribution is 0.0696. The van der Waals surface area contributed by atoms with Gasteiger partial charge in [-0.2, -0.15) is 0 Å². The highest BCUT2D eigenvalue weighted by Gasteiger charge is 2.10. The number of carboxylic acid groups (broad SMARTS) is 1. The summed E-state index contributed by atoms with van der Waals surface area (Å²) in [6.07, 6.45) is 2.44. The van der Waals surface area contributed by atoms with Crippen LogP contribution in [0.5, 0.6) is 11.5 Å². The quantitative estimate of drug-likeness (QED) is 0.672. The number of amides is 1. The number of nitrogens with zero attached hydrogens (tertiary/aromatic N) is 1. The highest BCUT2D eigenvalue weighted by Crippen LogP contribution is 2.21. The van der Waals surface area contributed by atoms with Gasteiger partial charge in [-0.3, -0.25) is 9.78 Å². The van der Waals surface area contributed by atoms with Crippen molar-refractivity contribution >= 4 is 17.6 Å². The summed E-state index contributed by atoms with van der Waals surface area (Å²) in [4.78, 5) is 26.4. The standard InChI is InChI=1S/C13H10N2O5/c16-10-2-7(3-11(17)4-10)12(18)15-9-1-8(13(19)20)5-14-6-9/h1-6,16-17H,(H,15,18)(H,19,20). The third-order valence-electron chi connectivity index (χ3n) is 2.41. The van der Waals surface area contributed by atoms with E-state index >= 15 is 0 Å². The molecule has 1 aromatic heterocycles. The topological polar surface area (TPSA) is 120 Å². The molecular weight excluding hydrogens is 264 g/mol. The van der Waals surface area contributed by atoms with Crippen molar-refractivity contribution in [1.82, 2.24) is 4.98 Å². The first-order valence-electron chi connectivity index (χ1n) is 5.48. The van der Waals surface area contributed by atoms with E-state index in [2.05, 4.69) is 10.3 Å². The monoisotopic (exact) mass is 274 g/mol. The van der Waals surface area contributed by atoms with E-state index in [1.165, 1.54) is 24.4 Å². The number of aromatic carboxylic acids is 1. The Hall–Kier alpha value is -3.09. The van der Waals surface area contributed by atoms with Gasteiger partial charge in [0, 0.05) is 17.8 Å². The number of aromatic hydroxyl groups is 2. The molecule has 0 bridgehead atoms. The van der Waals surface area contributed by atoms with Crippen LogP contribution in [0.15, 0.2) is 36.7 Å². The van der Waals surface area contributed by atoms with Gasteiger partial charge in [-0.05, 0) is 18.2 Å². The molecule has 0 radical (unpaired) electrons. The summed E-state index contributed by atoms with van der Waals surface area (Å²) >= 11 is 0. The zero-order chi connectivity index (χ0) is 14.7. The predicted molar refractivity (Wildman–Crippen MR) is 68.9 cm³/mol. The summed E-state index contributed by atoms with van der Waals surface area (Å²) in [7, 11) is 0. The summed E-state index contributed by atoms with van der Waals surface area (Å²) in [6.45, 7) is 0. The van der Waals surface area contributed by atoms with Crippen molar-refractivity contribution in [3.8, 4) is 11.5 Å². The van der Waals surface area contributed by atoms with E-state index < -0.39 is 11.9 Å². The minimum atomic E-state index is -1.16. The fraction of sp³-hybridized carbons (Fsp3) is 0. The van der Waals surface area contributed by atoms with Gasteiger partial charge in [0.05, 0.1) is 17.4 Å². The van der Waals surface area contributed by atoms with Gasteiger partial charge in [0.2, 0.25) is 0 Å². The first kappa shape index (κ1) is 13.3. The largest absolute Gasteiger partial charge is 0.508 e. The molecule has 1 aromatic carbocycles. The molecule has 2 rings (SSSR count). The smallest absolute Gasteiger partial charge is 0.337 e. The summed E-state index contributed by atoms with van der Waals surface area (Å²) in [5.74, 6) is -2.29.